The van der Waals surface area contributed by atoms with Crippen LogP contribution < -0.4 is 11.1 Å². The number of aromatic nitrogens is 5. The number of nitrogens with zero attached hydrogens (tertiary/aromatic N) is 5. The predicted octanol–water partition coefficient (Wildman–Crippen LogP) is 4.02. The molecule has 1 aliphatic rings. The monoisotopic (exact) mass is 439 g/mol. The van der Waals surface area contributed by atoms with Gasteiger partial charge >= 0.3 is 0 Å². The minimum absolute atomic E-state index is 0.0667. The molecule has 152 valence electrons. The molecule has 7 nitrogen and oxygen atoms in total. The lowest BCUT2D eigenvalue weighted by molar-refractivity contribution is 0.457. The predicted molar refractivity (Wildman–Crippen MR) is 118 cm³/mol. The summed E-state index contributed by atoms with van der Waals surface area (Å²) < 4.78 is 3.09. The third-order valence-electron chi connectivity index (χ3n) is 5.47. The van der Waals surface area contributed by atoms with Gasteiger partial charge in [0.1, 0.15) is 5.52 Å². The number of hydrogen-bond donors (Lipinski definition) is 0. The van der Waals surface area contributed by atoms with Crippen molar-refractivity contribution in [2.45, 2.75) is 42.8 Å². The van der Waals surface area contributed by atoms with E-state index in [0.717, 1.165) is 25.7 Å². The van der Waals surface area contributed by atoms with Crippen molar-refractivity contribution in [1.29, 1.82) is 0 Å². The molecule has 1 fully saturated rings. The van der Waals surface area contributed by atoms with Crippen LogP contribution in [0.25, 0.3) is 21.8 Å². The van der Waals surface area contributed by atoms with Crippen molar-refractivity contribution < 1.29 is 0 Å². The summed E-state index contributed by atoms with van der Waals surface area (Å²) in [5.41, 5.74) is 0.834. The van der Waals surface area contributed by atoms with Gasteiger partial charge in [-0.1, -0.05) is 53.6 Å². The first-order valence-corrected chi connectivity index (χ1v) is 11.2. The van der Waals surface area contributed by atoms with Gasteiger partial charge in [0.15, 0.2) is 5.16 Å². The van der Waals surface area contributed by atoms with Gasteiger partial charge in [-0.05, 0) is 43.2 Å². The Balaban J connectivity index is 1.58. The molecule has 0 aliphatic heterocycles. The third kappa shape index (κ3) is 3.40. The second-order valence-electron chi connectivity index (χ2n) is 7.35. The van der Waals surface area contributed by atoms with Gasteiger partial charge < -0.3 is 0 Å². The first-order chi connectivity index (χ1) is 14.6. The topological polar surface area (TPSA) is 82.7 Å². The highest BCUT2D eigenvalue weighted by Gasteiger charge is 2.23. The molecule has 0 bridgehead atoms. The lowest BCUT2D eigenvalue weighted by atomic mass is 10.2. The summed E-state index contributed by atoms with van der Waals surface area (Å²) in [6.45, 7) is 0. The maximum Gasteiger partial charge on any atom is 0.278 e. The number of fused-ring (bicyclic) bond motifs is 2. The number of rotatable bonds is 4. The highest BCUT2D eigenvalue weighted by Crippen LogP contribution is 2.32. The lowest BCUT2D eigenvalue weighted by Crippen LogP contribution is -2.27. The summed E-state index contributed by atoms with van der Waals surface area (Å²) in [5, 5.41) is 10.3. The van der Waals surface area contributed by atoms with Crippen molar-refractivity contribution in [3.63, 3.8) is 0 Å². The van der Waals surface area contributed by atoms with Gasteiger partial charge in [0.05, 0.1) is 22.2 Å². The lowest BCUT2D eigenvalue weighted by Gasteiger charge is -2.18. The maximum atomic E-state index is 13.3. The smallest absolute Gasteiger partial charge is 0.278 e. The second-order valence-corrected chi connectivity index (χ2v) is 8.70. The summed E-state index contributed by atoms with van der Waals surface area (Å²) in [5.74, 6) is 0.210. The van der Waals surface area contributed by atoms with Crippen LogP contribution in [-0.4, -0.2) is 24.5 Å². The quantitative estimate of drug-likeness (QED) is 0.353. The van der Waals surface area contributed by atoms with Gasteiger partial charge in [-0.2, -0.15) is 4.68 Å². The molecule has 0 spiro atoms. The summed E-state index contributed by atoms with van der Waals surface area (Å²) in [4.78, 5) is 30.8. The largest absolute Gasteiger partial charge is 0.284 e. The van der Waals surface area contributed by atoms with Crippen LogP contribution >= 0.6 is 23.4 Å². The van der Waals surface area contributed by atoms with Crippen LogP contribution in [0.5, 0.6) is 0 Å². The summed E-state index contributed by atoms with van der Waals surface area (Å²) in [6, 6.07) is 12.4. The SMILES string of the molecule is O=c1c2ccccc2nnn1CSc1nc2cc(Cl)ccc2c(=O)n1C1CCCC1. The molecule has 2 aromatic heterocycles. The summed E-state index contributed by atoms with van der Waals surface area (Å²) in [6.07, 6.45) is 4.08. The Hall–Kier alpha value is -2.71. The first kappa shape index (κ1) is 19.3. The third-order valence-corrected chi connectivity index (χ3v) is 6.62. The average molecular weight is 440 g/mol. The van der Waals surface area contributed by atoms with E-state index < -0.39 is 0 Å². The number of hydrogen-bond acceptors (Lipinski definition) is 6. The minimum Gasteiger partial charge on any atom is -0.284 e. The Morgan fingerprint density at radius 2 is 1.77 bits per heavy atom. The van der Waals surface area contributed by atoms with Gasteiger partial charge in [-0.15, -0.1) is 5.10 Å². The van der Waals surface area contributed by atoms with Gasteiger partial charge in [-0.25, -0.2) is 4.98 Å². The van der Waals surface area contributed by atoms with Crippen molar-refractivity contribution in [2.75, 3.05) is 0 Å². The molecule has 0 atom stereocenters. The Morgan fingerprint density at radius 3 is 2.60 bits per heavy atom. The van der Waals surface area contributed by atoms with E-state index in [1.54, 1.807) is 41.0 Å². The van der Waals surface area contributed by atoms with Crippen molar-refractivity contribution >= 4 is 45.2 Å². The van der Waals surface area contributed by atoms with E-state index in [1.165, 1.54) is 16.4 Å². The molecule has 1 aliphatic carbocycles. The summed E-state index contributed by atoms with van der Waals surface area (Å²) in [7, 11) is 0. The zero-order valence-corrected chi connectivity index (χ0v) is 17.6. The van der Waals surface area contributed by atoms with Crippen molar-refractivity contribution in [3.8, 4) is 0 Å². The van der Waals surface area contributed by atoms with Crippen molar-refractivity contribution in [3.05, 3.63) is 68.2 Å². The van der Waals surface area contributed by atoms with Crippen LogP contribution in [0.1, 0.15) is 31.7 Å². The minimum atomic E-state index is -0.216. The highest BCUT2D eigenvalue weighted by molar-refractivity contribution is 7.98. The Morgan fingerprint density at radius 1 is 1.00 bits per heavy atom. The molecular weight excluding hydrogens is 422 g/mol. The van der Waals surface area contributed by atoms with E-state index in [1.807, 2.05) is 6.07 Å². The fourth-order valence-electron chi connectivity index (χ4n) is 3.96. The van der Waals surface area contributed by atoms with Crippen molar-refractivity contribution in [1.82, 2.24) is 24.5 Å². The Bertz CT molecular complexity index is 1380. The van der Waals surface area contributed by atoms with Crippen LogP contribution in [-0.2, 0) is 5.88 Å². The molecule has 2 heterocycles. The molecule has 4 aromatic rings. The molecule has 1 saturated carbocycles. The van der Waals surface area contributed by atoms with Gasteiger partial charge in [0, 0.05) is 11.1 Å². The zero-order chi connectivity index (χ0) is 20.7. The van der Waals surface area contributed by atoms with E-state index >= 15 is 0 Å². The van der Waals surface area contributed by atoms with Crippen LogP contribution in [0.2, 0.25) is 5.02 Å². The summed E-state index contributed by atoms with van der Waals surface area (Å²) >= 11 is 7.43. The average Bonchev–Trinajstić information content (AvgIpc) is 3.27. The molecular formula is C21H18ClN5O2S. The maximum absolute atomic E-state index is 13.3. The van der Waals surface area contributed by atoms with E-state index in [4.69, 9.17) is 16.6 Å². The fourth-order valence-corrected chi connectivity index (χ4v) is 5.07. The van der Waals surface area contributed by atoms with E-state index in [-0.39, 0.29) is 23.0 Å². The molecule has 0 radical (unpaired) electrons. The Labute approximate surface area is 180 Å². The molecule has 9 heteroatoms. The van der Waals surface area contributed by atoms with Gasteiger partial charge in [-0.3, -0.25) is 14.2 Å². The van der Waals surface area contributed by atoms with Crippen molar-refractivity contribution in [2.24, 2.45) is 0 Å². The second kappa shape index (κ2) is 7.85. The standard InChI is InChI=1S/C21H18ClN5O2S/c22-13-9-10-16-18(11-13)23-21(27(20(16)29)14-5-1-2-6-14)30-12-26-19(28)15-7-3-4-8-17(15)24-25-26/h3-4,7-11,14H,1-2,5-6,12H2. The molecule has 30 heavy (non-hydrogen) atoms. The molecule has 0 saturated heterocycles. The molecule has 5 rings (SSSR count). The molecule has 2 aromatic carbocycles. The number of halogens is 1. The molecule has 0 amide bonds. The highest BCUT2D eigenvalue weighted by atomic mass is 35.5. The van der Waals surface area contributed by atoms with E-state index in [0.29, 0.717) is 32.0 Å². The van der Waals surface area contributed by atoms with Gasteiger partial charge in [0.25, 0.3) is 11.1 Å². The first-order valence-electron chi connectivity index (χ1n) is 9.79. The van der Waals surface area contributed by atoms with Crippen LogP contribution in [0, 0.1) is 0 Å². The van der Waals surface area contributed by atoms with Crippen LogP contribution in [0.15, 0.2) is 57.2 Å². The number of thioether (sulfide) groups is 1. The molecule has 0 unspecified atom stereocenters. The fraction of sp³-hybridized carbons (Fsp3) is 0.286. The van der Waals surface area contributed by atoms with Crippen LogP contribution in [0.4, 0.5) is 0 Å². The normalized spacial score (nSPS) is 14.7. The van der Waals surface area contributed by atoms with Gasteiger partial charge in [0.2, 0.25) is 0 Å². The van der Waals surface area contributed by atoms with Crippen LogP contribution in [0.3, 0.4) is 0 Å². The number of benzene rings is 2. The Kier molecular flexibility index (Phi) is 5.04. The molecule has 0 N–H and O–H groups in total. The van der Waals surface area contributed by atoms with E-state index in [2.05, 4.69) is 10.3 Å². The zero-order valence-electron chi connectivity index (χ0n) is 16.0. The van der Waals surface area contributed by atoms with E-state index in [9.17, 15) is 9.59 Å².